The molecule has 0 bridgehead atoms. The molecule has 1 rings (SSSR count). The number of Topliss-reactive ketones (excluding diaryl/α,β-unsaturated/α-hetero) is 1. The van der Waals surface area contributed by atoms with Gasteiger partial charge in [-0.25, -0.2) is 0 Å². The van der Waals surface area contributed by atoms with Gasteiger partial charge in [0.25, 0.3) is 0 Å². The van der Waals surface area contributed by atoms with Crippen LogP contribution in [0.25, 0.3) is 0 Å². The fraction of sp³-hybridized carbons (Fsp3) is 0.364. The van der Waals surface area contributed by atoms with Crippen molar-refractivity contribution >= 4 is 33.3 Å². The summed E-state index contributed by atoms with van der Waals surface area (Å²) in [5, 5.41) is 0. The molecule has 1 aromatic rings. The van der Waals surface area contributed by atoms with Crippen LogP contribution in [0.1, 0.15) is 17.3 Å². The fourth-order valence-corrected chi connectivity index (χ4v) is 1.61. The zero-order valence-corrected chi connectivity index (χ0v) is 11.3. The van der Waals surface area contributed by atoms with E-state index in [2.05, 4.69) is 15.9 Å². The molecule has 0 N–H and O–H groups in total. The van der Waals surface area contributed by atoms with Crippen LogP contribution in [-0.4, -0.2) is 23.8 Å². The number of halogens is 2. The summed E-state index contributed by atoms with van der Waals surface area (Å²) in [6, 6.07) is 5.04. The molecule has 0 fully saturated rings. The van der Waals surface area contributed by atoms with Crippen LogP contribution in [0.3, 0.4) is 0 Å². The van der Waals surface area contributed by atoms with E-state index >= 15 is 0 Å². The average Bonchev–Trinajstić information content (AvgIpc) is 2.29. The van der Waals surface area contributed by atoms with E-state index in [4.69, 9.17) is 21.1 Å². The highest BCUT2D eigenvalue weighted by atomic mass is 79.9. The molecule has 0 heterocycles. The van der Waals surface area contributed by atoms with Gasteiger partial charge in [0.2, 0.25) is 0 Å². The van der Waals surface area contributed by atoms with Gasteiger partial charge in [0, 0.05) is 5.56 Å². The molecule has 1 unspecified atom stereocenters. The largest absolute Gasteiger partial charge is 0.493 e. The summed E-state index contributed by atoms with van der Waals surface area (Å²) in [5.74, 6) is 1.02. The molecule has 0 amide bonds. The van der Waals surface area contributed by atoms with Gasteiger partial charge < -0.3 is 9.47 Å². The van der Waals surface area contributed by atoms with Gasteiger partial charge in [-0.1, -0.05) is 27.5 Å². The third-order valence-electron chi connectivity index (χ3n) is 2.02. The number of carbonyl (C=O) groups is 1. The van der Waals surface area contributed by atoms with Crippen molar-refractivity contribution in [1.29, 1.82) is 0 Å². The van der Waals surface area contributed by atoms with Gasteiger partial charge in [0.05, 0.1) is 11.9 Å². The normalized spacial score (nSPS) is 12.0. The molecule has 5 heteroatoms. The molecule has 0 aromatic heterocycles. The summed E-state index contributed by atoms with van der Waals surface area (Å²) >= 11 is 8.70. The zero-order valence-electron chi connectivity index (χ0n) is 9.00. The van der Waals surface area contributed by atoms with Crippen LogP contribution < -0.4 is 9.47 Å². The number of carbonyl (C=O) groups excluding carboxylic acids is 1. The van der Waals surface area contributed by atoms with Crippen molar-refractivity contribution in [3.05, 3.63) is 23.8 Å². The third kappa shape index (κ3) is 3.12. The first-order valence-corrected chi connectivity index (χ1v) is 6.10. The minimum absolute atomic E-state index is 0.00396. The van der Waals surface area contributed by atoms with Gasteiger partial charge in [-0.15, -0.1) is 0 Å². The number of methoxy groups -OCH3 is 1. The average molecular weight is 308 g/mol. The van der Waals surface area contributed by atoms with Gasteiger partial charge in [-0.2, -0.15) is 0 Å². The van der Waals surface area contributed by atoms with Crippen molar-refractivity contribution in [1.82, 2.24) is 0 Å². The number of rotatable bonds is 5. The van der Waals surface area contributed by atoms with Crippen LogP contribution in [0.2, 0.25) is 0 Å². The molecule has 0 saturated carbocycles. The van der Waals surface area contributed by atoms with Crippen LogP contribution in [0, 0.1) is 0 Å². The lowest BCUT2D eigenvalue weighted by Gasteiger charge is -2.10. The molecule has 0 aliphatic heterocycles. The summed E-state index contributed by atoms with van der Waals surface area (Å²) in [5.41, 5.74) is 0.572. The number of benzene rings is 1. The minimum Gasteiger partial charge on any atom is -0.493 e. The van der Waals surface area contributed by atoms with E-state index in [1.807, 2.05) is 0 Å². The highest BCUT2D eigenvalue weighted by Crippen LogP contribution is 2.29. The lowest BCUT2D eigenvalue weighted by Crippen LogP contribution is -2.10. The Hall–Kier alpha value is -0.740. The molecule has 1 aromatic carbocycles. The molecule has 0 saturated heterocycles. The Balaban J connectivity index is 3.03. The van der Waals surface area contributed by atoms with Gasteiger partial charge in [0.1, 0.15) is 0 Å². The Kier molecular flexibility index (Phi) is 5.09. The molecule has 16 heavy (non-hydrogen) atoms. The van der Waals surface area contributed by atoms with E-state index in [9.17, 15) is 4.79 Å². The lowest BCUT2D eigenvalue weighted by atomic mass is 10.1. The quantitative estimate of drug-likeness (QED) is 0.619. The second-order valence-electron chi connectivity index (χ2n) is 3.10. The molecule has 0 spiro atoms. The Morgan fingerprint density at radius 2 is 2.19 bits per heavy atom. The number of alkyl halides is 2. The summed E-state index contributed by atoms with van der Waals surface area (Å²) in [6.07, 6.45) is 0. The summed E-state index contributed by atoms with van der Waals surface area (Å²) < 4.78 is 10.3. The van der Waals surface area contributed by atoms with Crippen LogP contribution in [0.15, 0.2) is 18.2 Å². The maximum absolute atomic E-state index is 11.7. The Morgan fingerprint density at radius 1 is 1.50 bits per heavy atom. The third-order valence-corrected chi connectivity index (χ3v) is 2.54. The molecule has 0 aliphatic rings. The number of hydrogen-bond donors (Lipinski definition) is 0. The number of ketones is 1. The van der Waals surface area contributed by atoms with E-state index in [1.165, 1.54) is 7.11 Å². The molecule has 3 nitrogen and oxygen atoms in total. The van der Waals surface area contributed by atoms with Gasteiger partial charge in [-0.3, -0.25) is 4.79 Å². The van der Waals surface area contributed by atoms with Crippen LogP contribution in [0.5, 0.6) is 11.5 Å². The molecular formula is C11H12BrClO3. The first-order valence-electron chi connectivity index (χ1n) is 4.65. The second-order valence-corrected chi connectivity index (χ2v) is 4.69. The van der Waals surface area contributed by atoms with E-state index in [-0.39, 0.29) is 16.7 Å². The minimum atomic E-state index is -0.225. The first kappa shape index (κ1) is 13.3. The van der Waals surface area contributed by atoms with Crippen molar-refractivity contribution in [3.8, 4) is 11.5 Å². The number of ether oxygens (including phenoxy) is 2. The van der Waals surface area contributed by atoms with Crippen molar-refractivity contribution in [2.24, 2.45) is 0 Å². The SMILES string of the molecule is COc1cc(C(=O)C(C)Br)ccc1OCCl. The van der Waals surface area contributed by atoms with Crippen LogP contribution >= 0.6 is 27.5 Å². The monoisotopic (exact) mass is 306 g/mol. The summed E-state index contributed by atoms with van der Waals surface area (Å²) in [7, 11) is 1.52. The summed E-state index contributed by atoms with van der Waals surface area (Å²) in [4.78, 5) is 11.5. The van der Waals surface area contributed by atoms with Crippen molar-refractivity contribution in [2.45, 2.75) is 11.8 Å². The fourth-order valence-electron chi connectivity index (χ4n) is 1.23. The predicted molar refractivity (Wildman–Crippen MR) is 67.1 cm³/mol. The summed E-state index contributed by atoms with van der Waals surface area (Å²) in [6.45, 7) is 1.78. The highest BCUT2D eigenvalue weighted by molar-refractivity contribution is 9.10. The highest BCUT2D eigenvalue weighted by Gasteiger charge is 2.14. The molecule has 1 atom stereocenters. The topological polar surface area (TPSA) is 35.5 Å². The van der Waals surface area contributed by atoms with E-state index in [0.29, 0.717) is 17.1 Å². The lowest BCUT2D eigenvalue weighted by molar-refractivity contribution is 0.0995. The van der Waals surface area contributed by atoms with Gasteiger partial charge in [-0.05, 0) is 25.1 Å². The smallest absolute Gasteiger partial charge is 0.176 e. The van der Waals surface area contributed by atoms with E-state index in [1.54, 1.807) is 25.1 Å². The maximum atomic E-state index is 11.7. The van der Waals surface area contributed by atoms with Crippen molar-refractivity contribution in [2.75, 3.05) is 13.2 Å². The van der Waals surface area contributed by atoms with Crippen molar-refractivity contribution < 1.29 is 14.3 Å². The standard InChI is InChI=1S/C11H12BrClO3/c1-7(12)11(14)8-3-4-9(16-6-13)10(5-8)15-2/h3-5,7H,6H2,1-2H3. The van der Waals surface area contributed by atoms with Crippen LogP contribution in [-0.2, 0) is 0 Å². The predicted octanol–water partition coefficient (Wildman–Crippen LogP) is 3.24. The van der Waals surface area contributed by atoms with Gasteiger partial charge in [0.15, 0.2) is 23.3 Å². The van der Waals surface area contributed by atoms with Gasteiger partial charge >= 0.3 is 0 Å². The first-order chi connectivity index (χ1) is 7.60. The van der Waals surface area contributed by atoms with E-state index in [0.717, 1.165) is 0 Å². The Bertz CT molecular complexity index is 379. The molecule has 88 valence electrons. The molecule has 0 aliphatic carbocycles. The Labute approximate surface area is 108 Å². The van der Waals surface area contributed by atoms with Crippen molar-refractivity contribution in [3.63, 3.8) is 0 Å². The number of hydrogen-bond acceptors (Lipinski definition) is 3. The zero-order chi connectivity index (χ0) is 12.1. The molecule has 0 radical (unpaired) electrons. The van der Waals surface area contributed by atoms with Crippen LogP contribution in [0.4, 0.5) is 0 Å². The Morgan fingerprint density at radius 3 is 2.69 bits per heavy atom. The van der Waals surface area contributed by atoms with E-state index < -0.39 is 0 Å². The maximum Gasteiger partial charge on any atom is 0.176 e. The molecular weight excluding hydrogens is 295 g/mol. The second kappa shape index (κ2) is 6.11.